The summed E-state index contributed by atoms with van der Waals surface area (Å²) in [5.41, 5.74) is 2.30. The summed E-state index contributed by atoms with van der Waals surface area (Å²) in [6.07, 6.45) is 1.99. The predicted octanol–water partition coefficient (Wildman–Crippen LogP) is 1.91. The number of hydrogen-bond donors (Lipinski definition) is 1. The largest absolute Gasteiger partial charge is 0.315 e. The monoisotopic (exact) mass is 273 g/mol. The molecule has 2 amide bonds. The van der Waals surface area contributed by atoms with Crippen molar-refractivity contribution in [2.45, 2.75) is 6.42 Å². The van der Waals surface area contributed by atoms with Gasteiger partial charge in [0.2, 0.25) is 5.91 Å². The van der Waals surface area contributed by atoms with Crippen LogP contribution in [0.2, 0.25) is 0 Å². The van der Waals surface area contributed by atoms with E-state index >= 15 is 0 Å². The van der Waals surface area contributed by atoms with Gasteiger partial charge >= 0.3 is 0 Å². The number of hydrogen-bond acceptors (Lipinski definition) is 4. The zero-order valence-corrected chi connectivity index (χ0v) is 11.0. The van der Waals surface area contributed by atoms with Crippen LogP contribution >= 0.6 is 11.3 Å². The summed E-state index contributed by atoms with van der Waals surface area (Å²) in [5.74, 6) is -0.160. The molecule has 0 atom stereocenters. The molecule has 1 aromatic carbocycles. The van der Waals surface area contributed by atoms with E-state index < -0.39 is 0 Å². The minimum absolute atomic E-state index is 0.0486. The Balaban J connectivity index is 1.85. The molecule has 1 N–H and O–H groups in total. The number of fused-ring (bicyclic) bond motifs is 1. The zero-order chi connectivity index (χ0) is 13.4. The van der Waals surface area contributed by atoms with Gasteiger partial charge < -0.3 is 4.90 Å². The molecule has 2 aromatic rings. The normalized spacial score (nSPS) is 13.5. The van der Waals surface area contributed by atoms with Gasteiger partial charge in [-0.3, -0.25) is 14.9 Å². The number of anilines is 2. The van der Waals surface area contributed by atoms with Crippen molar-refractivity contribution >= 4 is 34.0 Å². The lowest BCUT2D eigenvalue weighted by atomic mass is 10.1. The number of benzene rings is 1. The van der Waals surface area contributed by atoms with Crippen LogP contribution < -0.4 is 10.2 Å². The average molecular weight is 273 g/mol. The van der Waals surface area contributed by atoms with E-state index in [-0.39, 0.29) is 11.8 Å². The number of amides is 2. The van der Waals surface area contributed by atoms with E-state index in [0.29, 0.717) is 17.1 Å². The molecular weight excluding hydrogens is 262 g/mol. The van der Waals surface area contributed by atoms with Crippen LogP contribution in [-0.2, 0) is 11.2 Å². The van der Waals surface area contributed by atoms with Gasteiger partial charge in [-0.25, -0.2) is 4.98 Å². The van der Waals surface area contributed by atoms with E-state index in [9.17, 15) is 9.59 Å². The SMILES string of the molecule is CN1C(=O)Cc2cc(C(=O)Nc3nccs3)ccc21. The highest BCUT2D eigenvalue weighted by molar-refractivity contribution is 7.13. The topological polar surface area (TPSA) is 62.3 Å². The summed E-state index contributed by atoms with van der Waals surface area (Å²) < 4.78 is 0. The number of nitrogens with zero attached hydrogens (tertiary/aromatic N) is 2. The highest BCUT2D eigenvalue weighted by Gasteiger charge is 2.24. The molecule has 1 aliphatic rings. The number of aromatic nitrogens is 1. The second kappa shape index (κ2) is 4.47. The van der Waals surface area contributed by atoms with Gasteiger partial charge in [-0.2, -0.15) is 0 Å². The van der Waals surface area contributed by atoms with Crippen molar-refractivity contribution in [3.63, 3.8) is 0 Å². The van der Waals surface area contributed by atoms with E-state index in [0.717, 1.165) is 11.3 Å². The smallest absolute Gasteiger partial charge is 0.257 e. The Morgan fingerprint density at radius 2 is 2.32 bits per heavy atom. The molecule has 19 heavy (non-hydrogen) atoms. The molecule has 5 nitrogen and oxygen atoms in total. The van der Waals surface area contributed by atoms with E-state index in [4.69, 9.17) is 0 Å². The van der Waals surface area contributed by atoms with Crippen LogP contribution in [0.1, 0.15) is 15.9 Å². The lowest BCUT2D eigenvalue weighted by Gasteiger charge is -2.10. The predicted molar refractivity (Wildman–Crippen MR) is 73.6 cm³/mol. The number of likely N-dealkylation sites (N-methyl/N-ethyl adjacent to an activating group) is 1. The maximum Gasteiger partial charge on any atom is 0.257 e. The van der Waals surface area contributed by atoms with Gasteiger partial charge in [-0.15, -0.1) is 11.3 Å². The first kappa shape index (κ1) is 11.9. The van der Waals surface area contributed by atoms with Gasteiger partial charge in [0, 0.05) is 29.9 Å². The van der Waals surface area contributed by atoms with Crippen molar-refractivity contribution in [3.05, 3.63) is 40.9 Å². The first-order chi connectivity index (χ1) is 9.15. The Hall–Kier alpha value is -2.21. The van der Waals surface area contributed by atoms with Crippen LogP contribution in [0, 0.1) is 0 Å². The third-order valence-corrected chi connectivity index (χ3v) is 3.76. The molecule has 0 radical (unpaired) electrons. The zero-order valence-electron chi connectivity index (χ0n) is 10.2. The van der Waals surface area contributed by atoms with Crippen LogP contribution in [-0.4, -0.2) is 23.8 Å². The Labute approximate surface area is 113 Å². The van der Waals surface area contributed by atoms with E-state index in [1.807, 2.05) is 0 Å². The Kier molecular flexibility index (Phi) is 2.79. The van der Waals surface area contributed by atoms with Crippen molar-refractivity contribution in [3.8, 4) is 0 Å². The molecule has 0 spiro atoms. The Morgan fingerprint density at radius 3 is 3.05 bits per heavy atom. The van der Waals surface area contributed by atoms with Crippen molar-refractivity contribution in [1.29, 1.82) is 0 Å². The highest BCUT2D eigenvalue weighted by Crippen LogP contribution is 2.28. The lowest BCUT2D eigenvalue weighted by Crippen LogP contribution is -2.20. The number of carbonyl (C=O) groups excluding carboxylic acids is 2. The van der Waals surface area contributed by atoms with Crippen LogP contribution in [0.3, 0.4) is 0 Å². The molecule has 0 bridgehead atoms. The van der Waals surface area contributed by atoms with Crippen molar-refractivity contribution in [1.82, 2.24) is 4.98 Å². The molecule has 0 fully saturated rings. The fourth-order valence-corrected chi connectivity index (χ4v) is 2.59. The first-order valence-corrected chi connectivity index (χ1v) is 6.63. The van der Waals surface area contributed by atoms with Gasteiger partial charge in [0.1, 0.15) is 0 Å². The van der Waals surface area contributed by atoms with Gasteiger partial charge in [0.25, 0.3) is 5.91 Å². The van der Waals surface area contributed by atoms with E-state index in [1.54, 1.807) is 41.7 Å². The van der Waals surface area contributed by atoms with E-state index in [2.05, 4.69) is 10.3 Å². The van der Waals surface area contributed by atoms with Gasteiger partial charge in [0.05, 0.1) is 6.42 Å². The van der Waals surface area contributed by atoms with Crippen LogP contribution in [0.15, 0.2) is 29.8 Å². The van der Waals surface area contributed by atoms with Gasteiger partial charge in [-0.05, 0) is 23.8 Å². The van der Waals surface area contributed by atoms with Crippen molar-refractivity contribution in [2.24, 2.45) is 0 Å². The maximum absolute atomic E-state index is 12.0. The fourth-order valence-electron chi connectivity index (χ4n) is 2.07. The highest BCUT2D eigenvalue weighted by atomic mass is 32.1. The first-order valence-electron chi connectivity index (χ1n) is 5.75. The average Bonchev–Trinajstić information content (AvgIpc) is 2.99. The van der Waals surface area contributed by atoms with Crippen LogP contribution in [0.4, 0.5) is 10.8 Å². The molecular formula is C13H11N3O2S. The summed E-state index contributed by atoms with van der Waals surface area (Å²) in [6, 6.07) is 5.29. The number of thiazole rings is 1. The minimum Gasteiger partial charge on any atom is -0.315 e. The summed E-state index contributed by atoms with van der Waals surface area (Å²) in [5, 5.41) is 5.09. The Bertz CT molecular complexity index is 652. The summed E-state index contributed by atoms with van der Waals surface area (Å²) >= 11 is 1.37. The van der Waals surface area contributed by atoms with Gasteiger partial charge in [-0.1, -0.05) is 0 Å². The van der Waals surface area contributed by atoms with Crippen molar-refractivity contribution in [2.75, 3.05) is 17.3 Å². The lowest BCUT2D eigenvalue weighted by molar-refractivity contribution is -0.117. The molecule has 1 aliphatic heterocycles. The van der Waals surface area contributed by atoms with Crippen LogP contribution in [0.25, 0.3) is 0 Å². The third kappa shape index (κ3) is 2.10. The molecule has 3 rings (SSSR count). The van der Waals surface area contributed by atoms with E-state index in [1.165, 1.54) is 11.3 Å². The molecule has 96 valence electrons. The third-order valence-electron chi connectivity index (χ3n) is 3.07. The summed E-state index contributed by atoms with van der Waals surface area (Å²) in [6.45, 7) is 0. The molecule has 0 saturated heterocycles. The van der Waals surface area contributed by atoms with Crippen LogP contribution in [0.5, 0.6) is 0 Å². The maximum atomic E-state index is 12.0. The molecule has 0 saturated carbocycles. The molecule has 0 aliphatic carbocycles. The molecule has 1 aromatic heterocycles. The standard InChI is InChI=1S/C13H11N3O2S/c1-16-10-3-2-8(6-9(10)7-11(16)17)12(18)15-13-14-4-5-19-13/h2-6H,7H2,1H3,(H,14,15,18). The van der Waals surface area contributed by atoms with Gasteiger partial charge in [0.15, 0.2) is 5.13 Å². The molecule has 6 heteroatoms. The van der Waals surface area contributed by atoms with Crippen molar-refractivity contribution < 1.29 is 9.59 Å². The number of rotatable bonds is 2. The summed E-state index contributed by atoms with van der Waals surface area (Å²) in [7, 11) is 1.74. The fraction of sp³-hybridized carbons (Fsp3) is 0.154. The minimum atomic E-state index is -0.209. The molecule has 2 heterocycles. The number of nitrogens with one attached hydrogen (secondary N) is 1. The Morgan fingerprint density at radius 1 is 1.47 bits per heavy atom. The second-order valence-electron chi connectivity index (χ2n) is 4.26. The number of carbonyl (C=O) groups is 2. The second-order valence-corrected chi connectivity index (χ2v) is 5.16. The molecule has 0 unspecified atom stereocenters. The summed E-state index contributed by atoms with van der Waals surface area (Å²) in [4.78, 5) is 29.2. The quantitative estimate of drug-likeness (QED) is 0.909.